The third kappa shape index (κ3) is 3.57. The van der Waals surface area contributed by atoms with Crippen molar-refractivity contribution in [2.75, 3.05) is 5.32 Å². The Labute approximate surface area is 100 Å². The third-order valence-corrected chi connectivity index (χ3v) is 3.54. The van der Waals surface area contributed by atoms with Gasteiger partial charge in [-0.25, -0.2) is 4.98 Å². The molecular formula is C11H19N3OS. The van der Waals surface area contributed by atoms with Gasteiger partial charge in [0.05, 0.1) is 5.69 Å². The predicted octanol–water partition coefficient (Wildman–Crippen LogP) is 2.07. The lowest BCUT2D eigenvalue weighted by Gasteiger charge is -2.14. The molecule has 1 amide bonds. The number of carbonyl (C=O) groups is 1. The highest BCUT2D eigenvalue weighted by Crippen LogP contribution is 2.21. The fourth-order valence-electron chi connectivity index (χ4n) is 1.15. The quantitative estimate of drug-likeness (QED) is 0.848. The normalized spacial score (nSPS) is 12.9. The molecule has 0 radical (unpaired) electrons. The molecular weight excluding hydrogens is 222 g/mol. The number of amides is 1. The highest BCUT2D eigenvalue weighted by molar-refractivity contribution is 7.15. The van der Waals surface area contributed by atoms with Gasteiger partial charge >= 0.3 is 0 Å². The summed E-state index contributed by atoms with van der Waals surface area (Å²) >= 11 is 1.49. The molecule has 0 spiro atoms. The van der Waals surface area contributed by atoms with Crippen LogP contribution < -0.4 is 11.1 Å². The van der Waals surface area contributed by atoms with Crippen molar-refractivity contribution >= 4 is 22.4 Å². The van der Waals surface area contributed by atoms with E-state index in [-0.39, 0.29) is 11.9 Å². The Hall–Kier alpha value is -0.940. The molecule has 16 heavy (non-hydrogen) atoms. The zero-order chi connectivity index (χ0) is 12.3. The molecule has 3 N–H and O–H groups in total. The molecule has 5 heteroatoms. The first-order chi connectivity index (χ1) is 7.40. The van der Waals surface area contributed by atoms with Crippen LogP contribution in [-0.2, 0) is 4.79 Å². The summed E-state index contributed by atoms with van der Waals surface area (Å²) in [6.45, 7) is 7.94. The Balaban J connectivity index is 2.52. The second kappa shape index (κ2) is 5.41. The molecule has 0 saturated heterocycles. The maximum absolute atomic E-state index is 11.6. The highest BCUT2D eigenvalue weighted by Gasteiger charge is 2.14. The van der Waals surface area contributed by atoms with Gasteiger partial charge in [-0.15, -0.1) is 11.3 Å². The smallest absolute Gasteiger partial charge is 0.227 e. The minimum absolute atomic E-state index is 0.0602. The van der Waals surface area contributed by atoms with E-state index in [0.29, 0.717) is 17.5 Å². The van der Waals surface area contributed by atoms with Gasteiger partial charge < -0.3 is 11.1 Å². The van der Waals surface area contributed by atoms with E-state index < -0.39 is 0 Å². The summed E-state index contributed by atoms with van der Waals surface area (Å²) in [5, 5.41) is 3.44. The number of nitrogens with one attached hydrogen (secondary N) is 1. The van der Waals surface area contributed by atoms with Crippen molar-refractivity contribution in [3.05, 3.63) is 10.6 Å². The number of hydrogen-bond donors (Lipinski definition) is 2. The molecule has 0 saturated carbocycles. The number of rotatable bonds is 4. The summed E-state index contributed by atoms with van der Waals surface area (Å²) in [5.74, 6) is 0.250. The van der Waals surface area contributed by atoms with E-state index in [1.807, 2.05) is 27.7 Å². The Morgan fingerprint density at radius 1 is 1.50 bits per heavy atom. The van der Waals surface area contributed by atoms with Crippen molar-refractivity contribution in [3.63, 3.8) is 0 Å². The lowest BCUT2D eigenvalue weighted by molar-refractivity contribution is -0.116. The number of nitrogens with two attached hydrogens (primary N) is 1. The first-order valence-corrected chi connectivity index (χ1v) is 6.21. The number of hydrogen-bond acceptors (Lipinski definition) is 4. The number of aryl methyl sites for hydroxylation is 2. The first kappa shape index (κ1) is 13.1. The molecule has 4 nitrogen and oxygen atoms in total. The van der Waals surface area contributed by atoms with E-state index in [9.17, 15) is 4.79 Å². The molecule has 90 valence electrons. The molecule has 0 bridgehead atoms. The van der Waals surface area contributed by atoms with Crippen molar-refractivity contribution in [2.45, 2.75) is 40.2 Å². The molecule has 0 aliphatic rings. The topological polar surface area (TPSA) is 68.0 Å². The molecule has 0 fully saturated rings. The van der Waals surface area contributed by atoms with E-state index >= 15 is 0 Å². The summed E-state index contributed by atoms with van der Waals surface area (Å²) in [4.78, 5) is 17.0. The van der Waals surface area contributed by atoms with Gasteiger partial charge in [0.15, 0.2) is 5.13 Å². The van der Waals surface area contributed by atoms with Crippen molar-refractivity contribution in [2.24, 2.45) is 11.7 Å². The van der Waals surface area contributed by atoms with E-state index in [0.717, 1.165) is 10.6 Å². The standard InChI is InChI=1S/C11H19N3OS/c1-6(2)9(12)5-10(15)14-11-13-7(3)8(4)16-11/h6,9H,5,12H2,1-4H3,(H,13,14,15). The van der Waals surface area contributed by atoms with Crippen molar-refractivity contribution in [3.8, 4) is 0 Å². The summed E-state index contributed by atoms with van der Waals surface area (Å²) < 4.78 is 0. The maximum atomic E-state index is 11.6. The predicted molar refractivity (Wildman–Crippen MR) is 67.6 cm³/mol. The Morgan fingerprint density at radius 2 is 2.12 bits per heavy atom. The van der Waals surface area contributed by atoms with E-state index in [4.69, 9.17) is 5.73 Å². The monoisotopic (exact) mass is 241 g/mol. The van der Waals surface area contributed by atoms with Gasteiger partial charge in [0.2, 0.25) is 5.91 Å². The first-order valence-electron chi connectivity index (χ1n) is 5.39. The molecule has 1 heterocycles. The number of nitrogens with zero attached hydrogens (tertiary/aromatic N) is 1. The minimum atomic E-state index is -0.0952. The summed E-state index contributed by atoms with van der Waals surface area (Å²) in [7, 11) is 0. The van der Waals surface area contributed by atoms with Crippen LogP contribution in [0.15, 0.2) is 0 Å². The van der Waals surface area contributed by atoms with E-state index in [1.165, 1.54) is 11.3 Å². The molecule has 1 atom stereocenters. The lowest BCUT2D eigenvalue weighted by atomic mass is 10.0. The number of thiazole rings is 1. The van der Waals surface area contributed by atoms with Gasteiger partial charge in [0.25, 0.3) is 0 Å². The summed E-state index contributed by atoms with van der Waals surface area (Å²) in [5.41, 5.74) is 6.79. The number of carbonyl (C=O) groups excluding carboxylic acids is 1. The molecule has 0 aromatic carbocycles. The van der Waals surface area contributed by atoms with Crippen LogP contribution in [0.25, 0.3) is 0 Å². The van der Waals surface area contributed by atoms with Crippen LogP contribution in [0.5, 0.6) is 0 Å². The van der Waals surface area contributed by atoms with Crippen molar-refractivity contribution < 1.29 is 4.79 Å². The largest absolute Gasteiger partial charge is 0.327 e. The number of aromatic nitrogens is 1. The van der Waals surface area contributed by atoms with Crippen LogP contribution >= 0.6 is 11.3 Å². The van der Waals surface area contributed by atoms with Crippen molar-refractivity contribution in [1.82, 2.24) is 4.98 Å². The maximum Gasteiger partial charge on any atom is 0.227 e. The zero-order valence-corrected chi connectivity index (χ0v) is 11.0. The second-order valence-electron chi connectivity index (χ2n) is 4.32. The van der Waals surface area contributed by atoms with E-state index in [2.05, 4.69) is 10.3 Å². The average Bonchev–Trinajstić information content (AvgIpc) is 2.45. The van der Waals surface area contributed by atoms with E-state index in [1.54, 1.807) is 0 Å². The Bertz CT molecular complexity index is 354. The molecule has 1 aromatic heterocycles. The fraction of sp³-hybridized carbons (Fsp3) is 0.636. The second-order valence-corrected chi connectivity index (χ2v) is 5.52. The SMILES string of the molecule is Cc1nc(NC(=O)CC(N)C(C)C)sc1C. The van der Waals surface area contributed by atoms with Crippen LogP contribution in [-0.4, -0.2) is 16.9 Å². The van der Waals surface area contributed by atoms with Crippen molar-refractivity contribution in [1.29, 1.82) is 0 Å². The highest BCUT2D eigenvalue weighted by atomic mass is 32.1. The van der Waals surface area contributed by atoms with Gasteiger partial charge in [-0.05, 0) is 19.8 Å². The molecule has 0 aliphatic heterocycles. The molecule has 1 aromatic rings. The lowest BCUT2D eigenvalue weighted by Crippen LogP contribution is -2.31. The van der Waals surface area contributed by atoms with Crippen LogP contribution in [0.1, 0.15) is 30.8 Å². The van der Waals surface area contributed by atoms with Gasteiger partial charge in [-0.2, -0.15) is 0 Å². The van der Waals surface area contributed by atoms with Crippen LogP contribution in [0.4, 0.5) is 5.13 Å². The minimum Gasteiger partial charge on any atom is -0.327 e. The van der Waals surface area contributed by atoms with Crippen LogP contribution in [0.2, 0.25) is 0 Å². The summed E-state index contributed by atoms with van der Waals surface area (Å²) in [6, 6.07) is -0.0952. The average molecular weight is 241 g/mol. The molecule has 0 aliphatic carbocycles. The van der Waals surface area contributed by atoms with Gasteiger partial charge in [-0.3, -0.25) is 4.79 Å². The number of anilines is 1. The van der Waals surface area contributed by atoms with Gasteiger partial charge in [0, 0.05) is 17.3 Å². The molecule has 1 unspecified atom stereocenters. The molecule has 1 rings (SSSR count). The Morgan fingerprint density at radius 3 is 2.56 bits per heavy atom. The Kier molecular flexibility index (Phi) is 4.44. The summed E-state index contributed by atoms with van der Waals surface area (Å²) in [6.07, 6.45) is 0.343. The van der Waals surface area contributed by atoms with Gasteiger partial charge in [-0.1, -0.05) is 13.8 Å². The van der Waals surface area contributed by atoms with Gasteiger partial charge in [0.1, 0.15) is 0 Å². The van der Waals surface area contributed by atoms with Crippen LogP contribution in [0.3, 0.4) is 0 Å². The zero-order valence-electron chi connectivity index (χ0n) is 10.2. The third-order valence-electron chi connectivity index (χ3n) is 2.55. The fourth-order valence-corrected chi connectivity index (χ4v) is 1.98. The van der Waals surface area contributed by atoms with Crippen LogP contribution in [0, 0.1) is 19.8 Å².